The summed E-state index contributed by atoms with van der Waals surface area (Å²) < 4.78 is 0. The van der Waals surface area contributed by atoms with E-state index >= 15 is 0 Å². The summed E-state index contributed by atoms with van der Waals surface area (Å²) in [7, 11) is 0. The molecule has 142 valence electrons. The van der Waals surface area contributed by atoms with Gasteiger partial charge in [0.2, 0.25) is 5.91 Å². The lowest BCUT2D eigenvalue weighted by molar-refractivity contribution is 0.100. The van der Waals surface area contributed by atoms with Gasteiger partial charge in [-0.3, -0.25) is 4.79 Å². The Morgan fingerprint density at radius 2 is 1.74 bits per heavy atom. The molecule has 4 N–H and O–H groups in total. The summed E-state index contributed by atoms with van der Waals surface area (Å²) in [5.74, 6) is -0.523. The van der Waals surface area contributed by atoms with Crippen LogP contribution in [0.3, 0.4) is 0 Å². The van der Waals surface area contributed by atoms with Crippen LogP contribution < -0.4 is 21.3 Å². The first-order valence-corrected chi connectivity index (χ1v) is 9.39. The summed E-state index contributed by atoms with van der Waals surface area (Å²) >= 11 is 5.87. The summed E-state index contributed by atoms with van der Waals surface area (Å²) in [5.41, 5.74) is 8.19. The highest BCUT2D eigenvalue weighted by atomic mass is 35.5. The molecule has 0 atom stereocenters. The van der Waals surface area contributed by atoms with Crippen LogP contribution in [0.25, 0.3) is 0 Å². The second kappa shape index (κ2) is 8.77. The predicted octanol–water partition coefficient (Wildman–Crippen LogP) is 3.75. The van der Waals surface area contributed by atoms with Crippen molar-refractivity contribution in [3.8, 4) is 0 Å². The minimum absolute atomic E-state index is 0.343. The zero-order chi connectivity index (χ0) is 19.2. The van der Waals surface area contributed by atoms with Crippen molar-refractivity contribution in [3.05, 3.63) is 58.6 Å². The fraction of sp³-hybridized carbons (Fsp3) is 0.300. The van der Waals surface area contributed by atoms with Gasteiger partial charge in [-0.05, 0) is 55.2 Å². The molecular formula is C20H23ClN4O2. The number of nitrogens with two attached hydrogens (primary N) is 1. The van der Waals surface area contributed by atoms with Crippen molar-refractivity contribution in [2.75, 3.05) is 23.3 Å². The van der Waals surface area contributed by atoms with Crippen LogP contribution >= 0.6 is 11.6 Å². The van der Waals surface area contributed by atoms with E-state index in [4.69, 9.17) is 17.3 Å². The fourth-order valence-electron chi connectivity index (χ4n) is 3.15. The lowest BCUT2D eigenvalue weighted by Gasteiger charge is -2.30. The Kier molecular flexibility index (Phi) is 6.19. The first-order valence-electron chi connectivity index (χ1n) is 9.01. The van der Waals surface area contributed by atoms with Gasteiger partial charge in [-0.15, -0.1) is 0 Å². The van der Waals surface area contributed by atoms with Gasteiger partial charge in [0, 0.05) is 30.2 Å². The quantitative estimate of drug-likeness (QED) is 0.731. The number of carbonyl (C=O) groups excluding carboxylic acids is 2. The minimum atomic E-state index is -0.523. The molecule has 0 unspecified atom stereocenters. The van der Waals surface area contributed by atoms with Gasteiger partial charge in [-0.1, -0.05) is 23.7 Å². The van der Waals surface area contributed by atoms with Crippen molar-refractivity contribution >= 4 is 34.9 Å². The smallest absolute Gasteiger partial charge is 0.319 e. The Hall–Kier alpha value is -2.73. The SMILES string of the molecule is NC(=O)c1ccc(N2CCCCC2)c(NC(=O)NCc2ccc(Cl)cc2)c1. The third-order valence-electron chi connectivity index (χ3n) is 4.59. The third-order valence-corrected chi connectivity index (χ3v) is 4.84. The van der Waals surface area contributed by atoms with E-state index in [1.807, 2.05) is 18.2 Å². The molecule has 1 heterocycles. The molecule has 0 radical (unpaired) electrons. The van der Waals surface area contributed by atoms with Gasteiger partial charge in [0.25, 0.3) is 0 Å². The van der Waals surface area contributed by atoms with Crippen LogP contribution in [0.1, 0.15) is 35.2 Å². The number of primary amides is 1. The highest BCUT2D eigenvalue weighted by Crippen LogP contribution is 2.29. The molecule has 3 amide bonds. The third kappa shape index (κ3) is 5.14. The predicted molar refractivity (Wildman–Crippen MR) is 108 cm³/mol. The van der Waals surface area contributed by atoms with Crippen LogP contribution in [0, 0.1) is 0 Å². The highest BCUT2D eigenvalue weighted by molar-refractivity contribution is 6.30. The van der Waals surface area contributed by atoms with Crippen molar-refractivity contribution in [2.45, 2.75) is 25.8 Å². The molecule has 0 aromatic heterocycles. The van der Waals surface area contributed by atoms with Crippen LogP contribution in [-0.2, 0) is 6.54 Å². The molecule has 3 rings (SSSR count). The van der Waals surface area contributed by atoms with Crippen molar-refractivity contribution in [3.63, 3.8) is 0 Å². The molecule has 0 aliphatic carbocycles. The average Bonchev–Trinajstić information content (AvgIpc) is 2.68. The average molecular weight is 387 g/mol. The maximum atomic E-state index is 12.4. The number of amides is 3. The molecule has 1 aliphatic rings. The fourth-order valence-corrected chi connectivity index (χ4v) is 3.28. The van der Waals surface area contributed by atoms with Crippen LogP contribution in [0.4, 0.5) is 16.2 Å². The van der Waals surface area contributed by atoms with E-state index in [0.717, 1.165) is 37.2 Å². The van der Waals surface area contributed by atoms with E-state index in [1.165, 1.54) is 6.42 Å². The number of piperidine rings is 1. The van der Waals surface area contributed by atoms with Gasteiger partial charge in [0.1, 0.15) is 0 Å². The van der Waals surface area contributed by atoms with Crippen molar-refractivity contribution in [1.29, 1.82) is 0 Å². The molecule has 2 aromatic rings. The molecule has 2 aromatic carbocycles. The molecule has 1 saturated heterocycles. The zero-order valence-corrected chi connectivity index (χ0v) is 15.8. The normalized spacial score (nSPS) is 13.9. The maximum Gasteiger partial charge on any atom is 0.319 e. The molecule has 27 heavy (non-hydrogen) atoms. The monoisotopic (exact) mass is 386 g/mol. The molecule has 7 heteroatoms. The highest BCUT2D eigenvalue weighted by Gasteiger charge is 2.17. The van der Waals surface area contributed by atoms with E-state index < -0.39 is 5.91 Å². The second-order valence-corrected chi connectivity index (χ2v) is 7.01. The first kappa shape index (κ1) is 19.0. The number of hydrogen-bond acceptors (Lipinski definition) is 3. The summed E-state index contributed by atoms with van der Waals surface area (Å²) in [6.07, 6.45) is 3.43. The van der Waals surface area contributed by atoms with Gasteiger partial charge in [-0.2, -0.15) is 0 Å². The molecule has 0 spiro atoms. The van der Waals surface area contributed by atoms with Crippen LogP contribution in [-0.4, -0.2) is 25.0 Å². The van der Waals surface area contributed by atoms with E-state index in [-0.39, 0.29) is 6.03 Å². The molecular weight excluding hydrogens is 364 g/mol. The van der Waals surface area contributed by atoms with Gasteiger partial charge in [0.15, 0.2) is 0 Å². The van der Waals surface area contributed by atoms with Crippen LogP contribution in [0.2, 0.25) is 5.02 Å². The van der Waals surface area contributed by atoms with Gasteiger partial charge >= 0.3 is 6.03 Å². The summed E-state index contributed by atoms with van der Waals surface area (Å²) in [6.45, 7) is 2.23. The van der Waals surface area contributed by atoms with Crippen molar-refractivity contribution in [2.24, 2.45) is 5.73 Å². The van der Waals surface area contributed by atoms with Crippen LogP contribution in [0.15, 0.2) is 42.5 Å². The van der Waals surface area contributed by atoms with E-state index in [9.17, 15) is 9.59 Å². The Labute approximate surface area is 163 Å². The maximum absolute atomic E-state index is 12.4. The number of benzene rings is 2. The second-order valence-electron chi connectivity index (χ2n) is 6.58. The molecule has 1 aliphatic heterocycles. The Balaban J connectivity index is 1.72. The number of carbonyl (C=O) groups is 2. The van der Waals surface area contributed by atoms with E-state index in [0.29, 0.717) is 22.8 Å². The summed E-state index contributed by atoms with van der Waals surface area (Å²) in [4.78, 5) is 26.1. The summed E-state index contributed by atoms with van der Waals surface area (Å²) in [6, 6.07) is 12.1. The number of urea groups is 1. The number of nitrogens with zero attached hydrogens (tertiary/aromatic N) is 1. The zero-order valence-electron chi connectivity index (χ0n) is 15.0. The first-order chi connectivity index (χ1) is 13.0. The minimum Gasteiger partial charge on any atom is -0.370 e. The van der Waals surface area contributed by atoms with E-state index in [1.54, 1.807) is 24.3 Å². The lowest BCUT2D eigenvalue weighted by atomic mass is 10.1. The largest absolute Gasteiger partial charge is 0.370 e. The topological polar surface area (TPSA) is 87.5 Å². The molecule has 0 saturated carbocycles. The number of rotatable bonds is 5. The number of nitrogens with one attached hydrogen (secondary N) is 2. The molecule has 6 nitrogen and oxygen atoms in total. The Bertz CT molecular complexity index is 817. The van der Waals surface area contributed by atoms with Gasteiger partial charge in [0.05, 0.1) is 11.4 Å². The van der Waals surface area contributed by atoms with Crippen molar-refractivity contribution < 1.29 is 9.59 Å². The molecule has 1 fully saturated rings. The van der Waals surface area contributed by atoms with Gasteiger partial charge < -0.3 is 21.3 Å². The van der Waals surface area contributed by atoms with Gasteiger partial charge in [-0.25, -0.2) is 4.79 Å². The van der Waals surface area contributed by atoms with E-state index in [2.05, 4.69) is 15.5 Å². The number of anilines is 2. The number of hydrogen-bond donors (Lipinski definition) is 3. The number of halogens is 1. The standard InChI is InChI=1S/C20H23ClN4O2/c21-16-7-4-14(5-8-16)13-23-20(27)24-17-12-15(19(22)26)6-9-18(17)25-10-2-1-3-11-25/h4-9,12H,1-3,10-11,13H2,(H2,22,26)(H2,23,24,27). The van der Waals surface area contributed by atoms with Crippen LogP contribution in [0.5, 0.6) is 0 Å². The molecule has 0 bridgehead atoms. The Morgan fingerprint density at radius 1 is 1.04 bits per heavy atom. The summed E-state index contributed by atoms with van der Waals surface area (Å²) in [5, 5.41) is 6.33. The Morgan fingerprint density at radius 3 is 2.41 bits per heavy atom. The lowest BCUT2D eigenvalue weighted by Crippen LogP contribution is -2.32. The van der Waals surface area contributed by atoms with Crippen molar-refractivity contribution in [1.82, 2.24) is 5.32 Å².